The summed E-state index contributed by atoms with van der Waals surface area (Å²) < 4.78 is 33.6. The molecule has 0 aliphatic rings. The second-order valence-corrected chi connectivity index (χ2v) is 8.65. The van der Waals surface area contributed by atoms with Crippen molar-refractivity contribution in [1.82, 2.24) is 4.72 Å². The summed E-state index contributed by atoms with van der Waals surface area (Å²) >= 11 is 3.34. The van der Waals surface area contributed by atoms with Crippen molar-refractivity contribution in [3.63, 3.8) is 0 Å². The maximum absolute atomic E-state index is 12.6. The lowest BCUT2D eigenvalue weighted by molar-refractivity contribution is -0.118. The van der Waals surface area contributed by atoms with Crippen LogP contribution in [0.15, 0.2) is 57.9 Å². The quantitative estimate of drug-likeness (QED) is 0.690. The molecule has 0 saturated heterocycles. The van der Waals surface area contributed by atoms with Gasteiger partial charge >= 0.3 is 0 Å². The lowest BCUT2D eigenvalue weighted by atomic mass is 10.0. The smallest absolute Gasteiger partial charge is 0.242 e. The fraction of sp³-hybridized carbons (Fsp3) is 0.278. The van der Waals surface area contributed by atoms with Crippen LogP contribution >= 0.6 is 15.9 Å². The van der Waals surface area contributed by atoms with Crippen LogP contribution in [0.1, 0.15) is 13.8 Å². The minimum absolute atomic E-state index is 0.0687. The Hall–Kier alpha value is -1.90. The Morgan fingerprint density at radius 3 is 2.31 bits per heavy atom. The molecule has 0 aromatic heterocycles. The second kappa shape index (κ2) is 8.66. The summed E-state index contributed by atoms with van der Waals surface area (Å²) in [5.41, 5.74) is 0.582. The minimum atomic E-state index is -3.85. The van der Waals surface area contributed by atoms with Crippen molar-refractivity contribution in [3.8, 4) is 5.75 Å². The molecule has 1 amide bonds. The van der Waals surface area contributed by atoms with E-state index in [0.717, 1.165) is 4.47 Å². The molecule has 1 atom stereocenters. The Balaban J connectivity index is 2.19. The average molecular weight is 441 g/mol. The number of benzene rings is 2. The minimum Gasteiger partial charge on any atom is -0.497 e. The first-order valence-electron chi connectivity index (χ1n) is 7.96. The number of methoxy groups -OCH3 is 1. The molecule has 0 radical (unpaired) electrons. The lowest BCUT2D eigenvalue weighted by Gasteiger charge is -2.21. The largest absolute Gasteiger partial charge is 0.497 e. The second-order valence-electron chi connectivity index (χ2n) is 6.02. The zero-order valence-corrected chi connectivity index (χ0v) is 17.1. The Bertz CT molecular complexity index is 867. The Labute approximate surface area is 162 Å². The number of hydrogen-bond donors (Lipinski definition) is 2. The highest BCUT2D eigenvalue weighted by Crippen LogP contribution is 2.19. The first kappa shape index (κ1) is 20.4. The van der Waals surface area contributed by atoms with E-state index in [4.69, 9.17) is 4.74 Å². The molecule has 2 rings (SSSR count). The van der Waals surface area contributed by atoms with Gasteiger partial charge in [-0.2, -0.15) is 4.72 Å². The zero-order valence-electron chi connectivity index (χ0n) is 14.7. The van der Waals surface area contributed by atoms with Gasteiger partial charge in [-0.05, 0) is 48.4 Å². The molecule has 2 aromatic carbocycles. The molecule has 6 nitrogen and oxygen atoms in total. The van der Waals surface area contributed by atoms with Crippen LogP contribution in [-0.4, -0.2) is 27.5 Å². The molecule has 0 saturated carbocycles. The summed E-state index contributed by atoms with van der Waals surface area (Å²) in [6, 6.07) is 12.2. The molecule has 2 aromatic rings. The van der Waals surface area contributed by atoms with E-state index in [1.807, 2.05) is 6.07 Å². The summed E-state index contributed by atoms with van der Waals surface area (Å²) in [4.78, 5) is 12.7. The van der Waals surface area contributed by atoms with Crippen LogP contribution in [0.3, 0.4) is 0 Å². The van der Waals surface area contributed by atoms with Crippen LogP contribution < -0.4 is 14.8 Å². The van der Waals surface area contributed by atoms with Crippen molar-refractivity contribution in [2.75, 3.05) is 12.4 Å². The molecule has 0 aliphatic carbocycles. The third kappa shape index (κ3) is 5.30. The van der Waals surface area contributed by atoms with E-state index in [9.17, 15) is 13.2 Å². The first-order chi connectivity index (χ1) is 12.2. The predicted octanol–water partition coefficient (Wildman–Crippen LogP) is 3.40. The maximum atomic E-state index is 12.6. The third-order valence-corrected chi connectivity index (χ3v) is 5.64. The number of rotatable bonds is 7. The normalized spacial score (nSPS) is 12.7. The third-order valence-electron chi connectivity index (χ3n) is 3.69. The highest BCUT2D eigenvalue weighted by atomic mass is 79.9. The van der Waals surface area contributed by atoms with Crippen molar-refractivity contribution in [1.29, 1.82) is 0 Å². The number of sulfonamides is 1. The first-order valence-corrected chi connectivity index (χ1v) is 10.2. The SMILES string of the molecule is COc1ccc(S(=O)(=O)NC(C(=O)Nc2cccc(Br)c2)C(C)C)cc1. The molecule has 2 N–H and O–H groups in total. The summed E-state index contributed by atoms with van der Waals surface area (Å²) in [6.07, 6.45) is 0. The van der Waals surface area contributed by atoms with Gasteiger partial charge in [0.05, 0.1) is 12.0 Å². The van der Waals surface area contributed by atoms with Gasteiger partial charge in [-0.3, -0.25) is 4.79 Å². The van der Waals surface area contributed by atoms with Gasteiger partial charge in [0.1, 0.15) is 11.8 Å². The maximum Gasteiger partial charge on any atom is 0.242 e. The highest BCUT2D eigenvalue weighted by molar-refractivity contribution is 9.10. The van der Waals surface area contributed by atoms with Gasteiger partial charge in [-0.15, -0.1) is 0 Å². The van der Waals surface area contributed by atoms with Gasteiger partial charge in [0, 0.05) is 10.2 Å². The molecule has 0 fully saturated rings. The van der Waals surface area contributed by atoms with Crippen molar-refractivity contribution in [3.05, 3.63) is 53.0 Å². The van der Waals surface area contributed by atoms with Crippen LogP contribution in [0.4, 0.5) is 5.69 Å². The molecule has 1 unspecified atom stereocenters. The van der Waals surface area contributed by atoms with E-state index in [2.05, 4.69) is 26.0 Å². The van der Waals surface area contributed by atoms with E-state index in [1.54, 1.807) is 44.2 Å². The Morgan fingerprint density at radius 2 is 1.77 bits per heavy atom. The van der Waals surface area contributed by atoms with E-state index in [0.29, 0.717) is 11.4 Å². The van der Waals surface area contributed by atoms with E-state index in [-0.39, 0.29) is 10.8 Å². The summed E-state index contributed by atoms with van der Waals surface area (Å²) in [6.45, 7) is 3.56. The molecule has 0 heterocycles. The van der Waals surface area contributed by atoms with Crippen LogP contribution in [-0.2, 0) is 14.8 Å². The topological polar surface area (TPSA) is 84.5 Å². The van der Waals surface area contributed by atoms with Crippen LogP contribution in [0, 0.1) is 5.92 Å². The number of anilines is 1. The molecule has 8 heteroatoms. The predicted molar refractivity (Wildman–Crippen MR) is 105 cm³/mol. The molecular weight excluding hydrogens is 420 g/mol. The number of amides is 1. The van der Waals surface area contributed by atoms with Crippen molar-refractivity contribution in [2.24, 2.45) is 5.92 Å². The van der Waals surface area contributed by atoms with Gasteiger partial charge in [0.2, 0.25) is 15.9 Å². The van der Waals surface area contributed by atoms with Crippen LogP contribution in [0.5, 0.6) is 5.75 Å². The van der Waals surface area contributed by atoms with Gasteiger partial charge in [0.15, 0.2) is 0 Å². The molecule has 26 heavy (non-hydrogen) atoms. The fourth-order valence-electron chi connectivity index (χ4n) is 2.27. The molecular formula is C18H21BrN2O4S. The molecule has 0 spiro atoms. The van der Waals surface area contributed by atoms with Gasteiger partial charge < -0.3 is 10.1 Å². The van der Waals surface area contributed by atoms with Crippen LogP contribution in [0.2, 0.25) is 0 Å². The van der Waals surface area contributed by atoms with E-state index in [1.165, 1.54) is 19.2 Å². The summed E-state index contributed by atoms with van der Waals surface area (Å²) in [7, 11) is -2.35. The summed E-state index contributed by atoms with van der Waals surface area (Å²) in [5.74, 6) is -0.109. The average Bonchev–Trinajstić information content (AvgIpc) is 2.59. The van der Waals surface area contributed by atoms with Crippen molar-refractivity contribution in [2.45, 2.75) is 24.8 Å². The highest BCUT2D eigenvalue weighted by Gasteiger charge is 2.28. The lowest BCUT2D eigenvalue weighted by Crippen LogP contribution is -2.47. The number of hydrogen-bond acceptors (Lipinski definition) is 4. The number of nitrogens with one attached hydrogen (secondary N) is 2. The van der Waals surface area contributed by atoms with Crippen molar-refractivity contribution < 1.29 is 17.9 Å². The van der Waals surface area contributed by atoms with Gasteiger partial charge in [-0.25, -0.2) is 8.42 Å². The molecule has 0 aliphatic heterocycles. The Morgan fingerprint density at radius 1 is 1.12 bits per heavy atom. The number of carbonyl (C=O) groups is 1. The standard InChI is InChI=1S/C18H21BrN2O4S/c1-12(2)17(18(22)20-14-6-4-5-13(19)11-14)21-26(23,24)16-9-7-15(25-3)8-10-16/h4-12,17,21H,1-3H3,(H,20,22). The van der Waals surface area contributed by atoms with E-state index < -0.39 is 22.0 Å². The number of carbonyl (C=O) groups excluding carboxylic acids is 1. The van der Waals surface area contributed by atoms with Gasteiger partial charge in [-0.1, -0.05) is 35.8 Å². The van der Waals surface area contributed by atoms with Gasteiger partial charge in [0.25, 0.3) is 0 Å². The molecule has 140 valence electrons. The zero-order chi connectivity index (χ0) is 19.3. The summed E-state index contributed by atoms with van der Waals surface area (Å²) in [5, 5.41) is 2.74. The fourth-order valence-corrected chi connectivity index (χ4v) is 4.01. The number of ether oxygens (including phenoxy) is 1. The Kier molecular flexibility index (Phi) is 6.80. The van der Waals surface area contributed by atoms with E-state index >= 15 is 0 Å². The van der Waals surface area contributed by atoms with Crippen molar-refractivity contribution >= 4 is 37.5 Å². The monoisotopic (exact) mass is 440 g/mol. The molecule has 0 bridgehead atoms. The number of halogens is 1. The van der Waals surface area contributed by atoms with Crippen LogP contribution in [0.25, 0.3) is 0 Å².